The number of halogens is 3. The number of methoxy groups -OCH3 is 2. The summed E-state index contributed by atoms with van der Waals surface area (Å²) in [6.07, 6.45) is -4.74. The fraction of sp³-hybridized carbons (Fsp3) is 0.208. The third-order valence-corrected chi connectivity index (χ3v) is 5.11. The molecule has 10 heteroatoms. The first-order valence-corrected chi connectivity index (χ1v) is 10.2. The number of hydrogen-bond donors (Lipinski definition) is 1. The lowest BCUT2D eigenvalue weighted by atomic mass is 10.1. The predicted octanol–water partition coefficient (Wildman–Crippen LogP) is 5.30. The maximum absolute atomic E-state index is 13.9. The molecule has 4 rings (SSSR count). The average Bonchev–Trinajstić information content (AvgIpc) is 3.20. The number of amides is 1. The molecule has 0 spiro atoms. The minimum atomic E-state index is -4.74. The zero-order valence-corrected chi connectivity index (χ0v) is 18.8. The highest BCUT2D eigenvalue weighted by Gasteiger charge is 2.35. The van der Waals surface area contributed by atoms with Crippen molar-refractivity contribution in [2.24, 2.45) is 0 Å². The van der Waals surface area contributed by atoms with Gasteiger partial charge in [0.1, 0.15) is 0 Å². The molecule has 2 aromatic heterocycles. The molecule has 7 nitrogen and oxygen atoms in total. The van der Waals surface area contributed by atoms with Gasteiger partial charge in [-0.05, 0) is 61.4 Å². The van der Waals surface area contributed by atoms with Crippen LogP contribution in [0.15, 0.2) is 48.5 Å². The van der Waals surface area contributed by atoms with E-state index in [0.29, 0.717) is 27.3 Å². The molecule has 0 aliphatic heterocycles. The molecule has 0 aliphatic carbocycles. The Bertz CT molecular complexity index is 1380. The molecule has 0 bridgehead atoms. The molecule has 176 valence electrons. The number of hydrogen-bond acceptors (Lipinski definition) is 5. The zero-order valence-electron chi connectivity index (χ0n) is 18.8. The third kappa shape index (κ3) is 4.52. The number of aryl methyl sites for hydroxylation is 2. The van der Waals surface area contributed by atoms with E-state index >= 15 is 0 Å². The molecule has 0 radical (unpaired) electrons. The van der Waals surface area contributed by atoms with E-state index in [1.807, 2.05) is 19.9 Å². The fourth-order valence-electron chi connectivity index (χ4n) is 3.67. The molecule has 0 fully saturated rings. The second-order valence-corrected chi connectivity index (χ2v) is 7.72. The summed E-state index contributed by atoms with van der Waals surface area (Å²) < 4.78 is 52.7. The van der Waals surface area contributed by atoms with E-state index in [0.717, 1.165) is 17.2 Å². The highest BCUT2D eigenvalue weighted by Crippen LogP contribution is 2.35. The van der Waals surface area contributed by atoms with Crippen molar-refractivity contribution in [3.05, 3.63) is 71.0 Å². The van der Waals surface area contributed by atoms with Crippen LogP contribution in [0.5, 0.6) is 11.5 Å². The standard InChI is InChI=1S/C24H21F3N4O3/c1-13-7-14(2)9-16(8-13)28-23(32)18-12-22-29-17(11-21(24(25,26)27)31(22)30-18)15-5-6-19(33-3)20(10-15)34-4/h5-12H,1-4H3,(H,28,32). The van der Waals surface area contributed by atoms with Gasteiger partial charge in [0.2, 0.25) is 0 Å². The number of ether oxygens (including phenoxy) is 2. The maximum Gasteiger partial charge on any atom is 0.433 e. The quantitative estimate of drug-likeness (QED) is 0.428. The molecule has 0 saturated carbocycles. The smallest absolute Gasteiger partial charge is 0.433 e. The molecule has 0 aliphatic rings. The summed E-state index contributed by atoms with van der Waals surface area (Å²) in [5.74, 6) is 0.131. The largest absolute Gasteiger partial charge is 0.493 e. The third-order valence-electron chi connectivity index (χ3n) is 5.11. The molecule has 0 unspecified atom stereocenters. The number of nitrogens with one attached hydrogen (secondary N) is 1. The Labute approximate surface area is 193 Å². The topological polar surface area (TPSA) is 77.8 Å². The first-order valence-electron chi connectivity index (χ1n) is 10.2. The van der Waals surface area contributed by atoms with Crippen LogP contribution in [0.2, 0.25) is 0 Å². The van der Waals surface area contributed by atoms with Crippen LogP contribution in [0, 0.1) is 13.8 Å². The van der Waals surface area contributed by atoms with Gasteiger partial charge >= 0.3 is 6.18 Å². The van der Waals surface area contributed by atoms with Crippen LogP contribution in [0.3, 0.4) is 0 Å². The molecule has 0 saturated heterocycles. The minimum Gasteiger partial charge on any atom is -0.493 e. The second-order valence-electron chi connectivity index (χ2n) is 7.72. The van der Waals surface area contributed by atoms with E-state index in [9.17, 15) is 18.0 Å². The van der Waals surface area contributed by atoms with E-state index in [1.54, 1.807) is 24.3 Å². The molecule has 4 aromatic rings. The van der Waals surface area contributed by atoms with Gasteiger partial charge < -0.3 is 14.8 Å². The number of carbonyl (C=O) groups excluding carboxylic acids is 1. The first-order chi connectivity index (χ1) is 16.1. The van der Waals surface area contributed by atoms with Crippen LogP contribution in [0.1, 0.15) is 27.3 Å². The highest BCUT2D eigenvalue weighted by molar-refractivity contribution is 6.03. The molecular formula is C24H21F3N4O3. The Balaban J connectivity index is 1.79. The van der Waals surface area contributed by atoms with Crippen LogP contribution in [0.4, 0.5) is 18.9 Å². The number of carbonyl (C=O) groups is 1. The van der Waals surface area contributed by atoms with Crippen LogP contribution in [0.25, 0.3) is 16.9 Å². The number of fused-ring (bicyclic) bond motifs is 1. The average molecular weight is 470 g/mol. The van der Waals surface area contributed by atoms with Crippen molar-refractivity contribution in [3.8, 4) is 22.8 Å². The lowest BCUT2D eigenvalue weighted by Gasteiger charge is -2.12. The lowest BCUT2D eigenvalue weighted by Crippen LogP contribution is -2.16. The second kappa shape index (κ2) is 8.69. The summed E-state index contributed by atoms with van der Waals surface area (Å²) >= 11 is 0. The van der Waals surface area contributed by atoms with Crippen LogP contribution in [-0.2, 0) is 6.18 Å². The van der Waals surface area contributed by atoms with Gasteiger partial charge in [-0.3, -0.25) is 4.79 Å². The van der Waals surface area contributed by atoms with Gasteiger partial charge in [-0.2, -0.15) is 18.3 Å². The number of aromatic nitrogens is 3. The van der Waals surface area contributed by atoms with Gasteiger partial charge in [-0.15, -0.1) is 0 Å². The van der Waals surface area contributed by atoms with Gasteiger partial charge in [0.05, 0.1) is 19.9 Å². The molecular weight excluding hydrogens is 449 g/mol. The van der Waals surface area contributed by atoms with Crippen molar-refractivity contribution < 1.29 is 27.4 Å². The summed E-state index contributed by atoms with van der Waals surface area (Å²) in [5, 5.41) is 6.57. The number of anilines is 1. The lowest BCUT2D eigenvalue weighted by molar-refractivity contribution is -0.142. The Morgan fingerprint density at radius 2 is 1.62 bits per heavy atom. The van der Waals surface area contributed by atoms with E-state index in [4.69, 9.17) is 9.47 Å². The predicted molar refractivity (Wildman–Crippen MR) is 120 cm³/mol. The Morgan fingerprint density at radius 1 is 0.941 bits per heavy atom. The van der Waals surface area contributed by atoms with Gasteiger partial charge in [-0.1, -0.05) is 6.07 Å². The van der Waals surface area contributed by atoms with Crippen LogP contribution in [-0.4, -0.2) is 34.7 Å². The summed E-state index contributed by atoms with van der Waals surface area (Å²) in [6.45, 7) is 3.76. The molecule has 34 heavy (non-hydrogen) atoms. The van der Waals surface area contributed by atoms with Crippen molar-refractivity contribution in [2.45, 2.75) is 20.0 Å². The minimum absolute atomic E-state index is 0.0435. The highest BCUT2D eigenvalue weighted by atomic mass is 19.4. The zero-order chi connectivity index (χ0) is 24.6. The van der Waals surface area contributed by atoms with Crippen molar-refractivity contribution in [1.82, 2.24) is 14.6 Å². The Kier molecular flexibility index (Phi) is 5.90. The molecule has 2 heterocycles. The number of rotatable bonds is 5. The van der Waals surface area contributed by atoms with E-state index < -0.39 is 17.8 Å². The van der Waals surface area contributed by atoms with Gasteiger partial charge in [0.25, 0.3) is 5.91 Å². The Morgan fingerprint density at radius 3 is 2.24 bits per heavy atom. The monoisotopic (exact) mass is 470 g/mol. The first kappa shape index (κ1) is 23.1. The molecule has 1 N–H and O–H groups in total. The summed E-state index contributed by atoms with van der Waals surface area (Å²) in [7, 11) is 2.89. The molecule has 1 amide bonds. The number of benzene rings is 2. The Hall–Kier alpha value is -4.08. The van der Waals surface area contributed by atoms with Crippen molar-refractivity contribution in [2.75, 3.05) is 19.5 Å². The number of nitrogens with zero attached hydrogens (tertiary/aromatic N) is 3. The van der Waals surface area contributed by atoms with Gasteiger partial charge in [0, 0.05) is 17.3 Å². The van der Waals surface area contributed by atoms with Crippen molar-refractivity contribution in [1.29, 1.82) is 0 Å². The van der Waals surface area contributed by atoms with E-state index in [2.05, 4.69) is 15.4 Å². The summed E-state index contributed by atoms with van der Waals surface area (Å²) in [4.78, 5) is 17.1. The number of alkyl halides is 3. The summed E-state index contributed by atoms with van der Waals surface area (Å²) in [6, 6.07) is 12.2. The maximum atomic E-state index is 13.9. The van der Waals surface area contributed by atoms with E-state index in [-0.39, 0.29) is 17.0 Å². The summed E-state index contributed by atoms with van der Waals surface area (Å²) in [5.41, 5.74) is 1.45. The molecule has 0 atom stereocenters. The van der Waals surface area contributed by atoms with Crippen LogP contribution < -0.4 is 14.8 Å². The van der Waals surface area contributed by atoms with Crippen LogP contribution >= 0.6 is 0 Å². The van der Waals surface area contributed by atoms with Gasteiger partial charge in [-0.25, -0.2) is 9.50 Å². The van der Waals surface area contributed by atoms with Crippen molar-refractivity contribution in [3.63, 3.8) is 0 Å². The normalized spacial score (nSPS) is 11.5. The van der Waals surface area contributed by atoms with Crippen molar-refractivity contribution >= 4 is 17.2 Å². The fourth-order valence-corrected chi connectivity index (χ4v) is 3.67. The van der Waals surface area contributed by atoms with Gasteiger partial charge in [0.15, 0.2) is 28.5 Å². The molecule has 2 aromatic carbocycles. The van der Waals surface area contributed by atoms with E-state index in [1.165, 1.54) is 26.4 Å². The SMILES string of the molecule is COc1ccc(-c2cc(C(F)(F)F)n3nc(C(=O)Nc4cc(C)cc(C)c4)cc3n2)cc1OC.